The first-order valence-corrected chi connectivity index (χ1v) is 5.59. The van der Waals surface area contributed by atoms with Crippen LogP contribution in [0.4, 0.5) is 0 Å². The Kier molecular flexibility index (Phi) is 7.16. The van der Waals surface area contributed by atoms with Gasteiger partial charge in [-0.05, 0) is 6.42 Å². The molecule has 2 unspecified atom stereocenters. The Labute approximate surface area is 109 Å². The first-order valence-electron chi connectivity index (χ1n) is 5.59. The summed E-state index contributed by atoms with van der Waals surface area (Å²) in [6.45, 7) is 0.820. The van der Waals surface area contributed by atoms with Crippen molar-refractivity contribution in [3.63, 3.8) is 0 Å². The van der Waals surface area contributed by atoms with Gasteiger partial charge >= 0.3 is 5.97 Å². The molecule has 0 aliphatic rings. The molecule has 0 radical (unpaired) electrons. The lowest BCUT2D eigenvalue weighted by Gasteiger charge is -2.29. The molecule has 0 aromatic carbocycles. The summed E-state index contributed by atoms with van der Waals surface area (Å²) in [6.07, 6.45) is -2.29. The number of aliphatic hydroxyl groups is 3. The lowest BCUT2D eigenvalue weighted by atomic mass is 10.1. The molecule has 9 heteroatoms. The first kappa shape index (κ1) is 17.4. The van der Waals surface area contributed by atoms with Crippen molar-refractivity contribution < 1.29 is 34.8 Å². The van der Waals surface area contributed by atoms with Gasteiger partial charge in [-0.15, -0.1) is 0 Å². The van der Waals surface area contributed by atoms with Crippen molar-refractivity contribution in [3.05, 3.63) is 0 Å². The summed E-state index contributed by atoms with van der Waals surface area (Å²) in [6, 6.07) is -3.68. The van der Waals surface area contributed by atoms with Crippen LogP contribution < -0.4 is 5.73 Å². The SMILES string of the molecule is CCCC(=O)N(C(=O)C(N)CO)C(C(=O)O)C(O)O. The van der Waals surface area contributed by atoms with E-state index < -0.39 is 42.8 Å². The van der Waals surface area contributed by atoms with Gasteiger partial charge in [0.05, 0.1) is 6.61 Å². The maximum absolute atomic E-state index is 11.8. The van der Waals surface area contributed by atoms with E-state index in [4.69, 9.17) is 26.2 Å². The predicted molar refractivity (Wildman–Crippen MR) is 61.5 cm³/mol. The number of nitrogens with two attached hydrogens (primary N) is 1. The minimum atomic E-state index is -2.45. The molecule has 0 spiro atoms. The molecule has 9 nitrogen and oxygen atoms in total. The molecular formula is C10H18N2O7. The average Bonchev–Trinajstić information content (AvgIpc) is 2.32. The average molecular weight is 278 g/mol. The molecule has 19 heavy (non-hydrogen) atoms. The Morgan fingerprint density at radius 2 is 1.79 bits per heavy atom. The topological polar surface area (TPSA) is 161 Å². The fraction of sp³-hybridized carbons (Fsp3) is 0.700. The van der Waals surface area contributed by atoms with Crippen LogP contribution in [0.1, 0.15) is 19.8 Å². The standard InChI is InChI=1S/C10H18N2O7/c1-2-3-6(14)12(8(15)5(11)4-13)7(9(16)17)10(18)19/h5,7,9,13,16-17H,2-4,11H2,1H3,(H,18,19). The van der Waals surface area contributed by atoms with E-state index in [-0.39, 0.29) is 11.3 Å². The van der Waals surface area contributed by atoms with Gasteiger partial charge in [-0.1, -0.05) is 6.92 Å². The number of carboxylic acids is 1. The normalized spacial score (nSPS) is 14.0. The molecule has 0 saturated heterocycles. The summed E-state index contributed by atoms with van der Waals surface area (Å²) in [5.74, 6) is -3.85. The second-order valence-electron chi connectivity index (χ2n) is 3.84. The highest BCUT2D eigenvalue weighted by Gasteiger charge is 2.40. The molecule has 0 saturated carbocycles. The molecular weight excluding hydrogens is 260 g/mol. The molecule has 0 aromatic rings. The van der Waals surface area contributed by atoms with Crippen molar-refractivity contribution >= 4 is 17.8 Å². The predicted octanol–water partition coefficient (Wildman–Crippen LogP) is -2.77. The smallest absolute Gasteiger partial charge is 0.332 e. The number of hydrogen-bond acceptors (Lipinski definition) is 7. The Hall–Kier alpha value is -1.55. The molecule has 2 amide bonds. The van der Waals surface area contributed by atoms with E-state index in [1.165, 1.54) is 0 Å². The second kappa shape index (κ2) is 7.79. The van der Waals surface area contributed by atoms with Crippen LogP contribution in [0.25, 0.3) is 0 Å². The molecule has 0 aliphatic carbocycles. The summed E-state index contributed by atoms with van der Waals surface area (Å²) in [7, 11) is 0. The number of amides is 2. The van der Waals surface area contributed by atoms with Crippen molar-refractivity contribution in [2.24, 2.45) is 5.73 Å². The maximum atomic E-state index is 11.8. The van der Waals surface area contributed by atoms with Gasteiger partial charge in [0.2, 0.25) is 11.8 Å². The van der Waals surface area contributed by atoms with Crippen LogP contribution in [0.15, 0.2) is 0 Å². The quantitative estimate of drug-likeness (QED) is 0.312. The zero-order valence-electron chi connectivity index (χ0n) is 10.4. The number of hydrogen-bond donors (Lipinski definition) is 5. The van der Waals surface area contributed by atoms with Crippen LogP contribution in [0.2, 0.25) is 0 Å². The first-order chi connectivity index (χ1) is 8.77. The van der Waals surface area contributed by atoms with E-state index in [1.807, 2.05) is 0 Å². The van der Waals surface area contributed by atoms with Gasteiger partial charge in [-0.3, -0.25) is 14.5 Å². The van der Waals surface area contributed by atoms with Gasteiger partial charge in [0.15, 0.2) is 12.3 Å². The molecule has 6 N–H and O–H groups in total. The third-order valence-electron chi connectivity index (χ3n) is 2.30. The molecule has 0 fully saturated rings. The van der Waals surface area contributed by atoms with Crippen LogP contribution >= 0.6 is 0 Å². The lowest BCUT2D eigenvalue weighted by Crippen LogP contribution is -2.59. The fourth-order valence-corrected chi connectivity index (χ4v) is 1.38. The second-order valence-corrected chi connectivity index (χ2v) is 3.84. The van der Waals surface area contributed by atoms with Gasteiger partial charge in [-0.25, -0.2) is 4.79 Å². The van der Waals surface area contributed by atoms with Crippen molar-refractivity contribution in [3.8, 4) is 0 Å². The minimum Gasteiger partial charge on any atom is -0.480 e. The number of imide groups is 1. The Balaban J connectivity index is 5.42. The summed E-state index contributed by atoms with van der Waals surface area (Å²) >= 11 is 0. The molecule has 0 rings (SSSR count). The zero-order valence-corrected chi connectivity index (χ0v) is 10.4. The third-order valence-corrected chi connectivity index (χ3v) is 2.30. The maximum Gasteiger partial charge on any atom is 0.332 e. The highest BCUT2D eigenvalue weighted by molar-refractivity contribution is 6.01. The van der Waals surface area contributed by atoms with Crippen molar-refractivity contribution in [1.29, 1.82) is 0 Å². The van der Waals surface area contributed by atoms with E-state index >= 15 is 0 Å². The van der Waals surface area contributed by atoms with Crippen LogP contribution in [-0.4, -0.2) is 68.1 Å². The van der Waals surface area contributed by atoms with Gasteiger partial charge in [0.1, 0.15) is 6.04 Å². The molecule has 0 bridgehead atoms. The van der Waals surface area contributed by atoms with E-state index in [0.717, 1.165) is 0 Å². The van der Waals surface area contributed by atoms with E-state index in [2.05, 4.69) is 0 Å². The van der Waals surface area contributed by atoms with Gasteiger partial charge < -0.3 is 26.2 Å². The Morgan fingerprint density at radius 3 is 2.11 bits per heavy atom. The largest absolute Gasteiger partial charge is 0.480 e. The summed E-state index contributed by atoms with van der Waals surface area (Å²) < 4.78 is 0. The number of carbonyl (C=O) groups is 3. The van der Waals surface area contributed by atoms with Gasteiger partial charge in [0.25, 0.3) is 0 Å². The van der Waals surface area contributed by atoms with Gasteiger partial charge in [-0.2, -0.15) is 0 Å². The zero-order chi connectivity index (χ0) is 15.2. The van der Waals surface area contributed by atoms with E-state index in [0.29, 0.717) is 6.42 Å². The Morgan fingerprint density at radius 1 is 1.26 bits per heavy atom. The number of carbonyl (C=O) groups excluding carboxylic acids is 2. The number of carboxylic acid groups (broad SMARTS) is 1. The number of aliphatic carboxylic acids is 1. The van der Waals surface area contributed by atoms with Crippen LogP contribution in [0, 0.1) is 0 Å². The molecule has 0 heterocycles. The fourth-order valence-electron chi connectivity index (χ4n) is 1.38. The minimum absolute atomic E-state index is 0.166. The van der Waals surface area contributed by atoms with Crippen molar-refractivity contribution in [2.45, 2.75) is 38.1 Å². The third kappa shape index (κ3) is 4.56. The molecule has 2 atom stereocenters. The monoisotopic (exact) mass is 278 g/mol. The summed E-state index contributed by atoms with van der Waals surface area (Å²) in [5, 5.41) is 35.6. The van der Waals surface area contributed by atoms with Crippen LogP contribution in [0.5, 0.6) is 0 Å². The van der Waals surface area contributed by atoms with Crippen LogP contribution in [0.3, 0.4) is 0 Å². The van der Waals surface area contributed by atoms with E-state index in [1.54, 1.807) is 6.92 Å². The number of rotatable bonds is 7. The highest BCUT2D eigenvalue weighted by Crippen LogP contribution is 2.10. The summed E-state index contributed by atoms with van der Waals surface area (Å²) in [5.41, 5.74) is 5.24. The van der Waals surface area contributed by atoms with E-state index in [9.17, 15) is 14.4 Å². The molecule has 110 valence electrons. The van der Waals surface area contributed by atoms with Crippen molar-refractivity contribution in [1.82, 2.24) is 4.90 Å². The summed E-state index contributed by atoms with van der Waals surface area (Å²) in [4.78, 5) is 34.6. The number of nitrogens with zero attached hydrogens (tertiary/aromatic N) is 1. The molecule has 0 aliphatic heterocycles. The van der Waals surface area contributed by atoms with Gasteiger partial charge in [0, 0.05) is 6.42 Å². The Bertz CT molecular complexity index is 345. The van der Waals surface area contributed by atoms with Crippen molar-refractivity contribution in [2.75, 3.05) is 6.61 Å². The lowest BCUT2D eigenvalue weighted by molar-refractivity contribution is -0.176. The molecule has 0 aromatic heterocycles. The van der Waals surface area contributed by atoms with Crippen LogP contribution in [-0.2, 0) is 14.4 Å². The number of aliphatic hydroxyl groups excluding tert-OH is 2. The highest BCUT2D eigenvalue weighted by atomic mass is 16.5.